The van der Waals surface area contributed by atoms with Gasteiger partial charge in [0.25, 0.3) is 5.91 Å². The van der Waals surface area contributed by atoms with Crippen LogP contribution in [0.15, 0.2) is 97.1 Å². The van der Waals surface area contributed by atoms with Gasteiger partial charge in [0.1, 0.15) is 28.4 Å². The number of carboxylic acid groups (broad SMARTS) is 2. The minimum Gasteiger partial charge on any atom is -0.496 e. The molecule has 418 valence electrons. The van der Waals surface area contributed by atoms with Crippen LogP contribution in [0.25, 0.3) is 0 Å². The summed E-state index contributed by atoms with van der Waals surface area (Å²) in [6, 6.07) is 30.7. The number of benzene rings is 5. The molecule has 10 rings (SSSR count). The molecule has 2 aliphatic heterocycles. The first-order chi connectivity index (χ1) is 37.3. The zero-order valence-electron chi connectivity index (χ0n) is 43.7. The van der Waals surface area contributed by atoms with Crippen LogP contribution >= 0.6 is 46.4 Å². The summed E-state index contributed by atoms with van der Waals surface area (Å²) in [4.78, 5) is 61.2. The highest BCUT2D eigenvalue weighted by molar-refractivity contribution is 6.64. The van der Waals surface area contributed by atoms with E-state index in [1.807, 2.05) is 18.2 Å². The molecular weight excluding hydrogens is 1080 g/mol. The van der Waals surface area contributed by atoms with E-state index in [4.69, 9.17) is 82.3 Å². The van der Waals surface area contributed by atoms with Gasteiger partial charge >= 0.3 is 11.9 Å². The highest BCUT2D eigenvalue weighted by Crippen LogP contribution is 2.37. The highest BCUT2D eigenvalue weighted by atomic mass is 35.5. The zero-order chi connectivity index (χ0) is 56.5. The monoisotopic (exact) mass is 1150 g/mol. The predicted octanol–water partition coefficient (Wildman–Crippen LogP) is 10.3. The maximum Gasteiger partial charge on any atom is 0.339 e. The standard InChI is InChI=1S/C23H26ClN3O3.C11H12ClNO3.C11H16N2.C8H8ClNO3.C4H5ClO/c1-30-21-12-20(26-22(28)16-7-8-16)19(24)11-18(21)23(29)25-17-9-10-27(14-17)13-15-5-3-2-4-6-15;1-16-10-5-9(13-6-2-3-6)8(12)4-7(10)11(14)15;12-11-6-7-13(9-11)8-10-4-2-1-3-5-10;1-13-7-3-6(10)5(9)2-4(7)8(11)12;5-4(6)3-1-2-3/h2-6,11-12,16-17H,7-10,13-14H2,1H3,(H,25,29)(H,26,28);4-6,13H,2-3H2,1H3,(H,14,15);1-5,11H,6-9,12H2;2-3H,10H2,1H3,(H,11,12);3H,1-2H2/t;;11-;;/m..0../s1. The molecule has 0 aromatic heterocycles. The number of anilines is 3. The fourth-order valence-electron chi connectivity index (χ4n) is 8.29. The van der Waals surface area contributed by atoms with Crippen LogP contribution in [-0.2, 0) is 22.7 Å². The normalized spacial score (nSPS) is 17.4. The average molecular weight is 1150 g/mol. The molecule has 2 saturated heterocycles. The van der Waals surface area contributed by atoms with Crippen molar-refractivity contribution in [2.75, 3.05) is 63.9 Å². The van der Waals surface area contributed by atoms with Gasteiger partial charge in [0.15, 0.2) is 0 Å². The molecule has 3 saturated carbocycles. The van der Waals surface area contributed by atoms with Crippen molar-refractivity contribution in [1.82, 2.24) is 15.1 Å². The number of ether oxygens (including phenoxy) is 3. The molecule has 21 heteroatoms. The summed E-state index contributed by atoms with van der Waals surface area (Å²) in [6.45, 7) is 5.85. The van der Waals surface area contributed by atoms with Crippen LogP contribution < -0.4 is 41.6 Å². The van der Waals surface area contributed by atoms with Crippen LogP contribution in [0.2, 0.25) is 15.1 Å². The lowest BCUT2D eigenvalue weighted by Gasteiger charge is -2.18. The van der Waals surface area contributed by atoms with Crippen molar-refractivity contribution < 1.29 is 48.4 Å². The van der Waals surface area contributed by atoms with Crippen molar-refractivity contribution in [2.45, 2.75) is 82.6 Å². The third-order valence-electron chi connectivity index (χ3n) is 13.1. The summed E-state index contributed by atoms with van der Waals surface area (Å²) < 4.78 is 15.3. The van der Waals surface area contributed by atoms with Crippen LogP contribution in [0.3, 0.4) is 0 Å². The number of rotatable bonds is 16. The number of likely N-dealkylation sites (tertiary alicyclic amines) is 2. The summed E-state index contributed by atoms with van der Waals surface area (Å²) in [5.41, 5.74) is 15.9. The fourth-order valence-corrected chi connectivity index (χ4v) is 9.10. The number of carboxylic acids is 2. The van der Waals surface area contributed by atoms with E-state index < -0.39 is 11.9 Å². The molecule has 0 bridgehead atoms. The van der Waals surface area contributed by atoms with E-state index in [0.29, 0.717) is 50.6 Å². The SMILES string of the molecule is COc1cc(N)c(Cl)cc1C(=O)O.COc1cc(NC(=O)C2CC2)c(Cl)cc1C(=O)NC1CCN(Cc2ccccc2)C1.COc1cc(NC2CC2)c(Cl)cc1C(=O)O.N[C@H]1CCN(Cc2ccccc2)C1.O=C(Cl)C1CC1. The van der Waals surface area contributed by atoms with Crippen molar-refractivity contribution >= 4 is 92.5 Å². The molecule has 9 N–H and O–H groups in total. The van der Waals surface area contributed by atoms with Crippen LogP contribution in [0, 0.1) is 11.8 Å². The van der Waals surface area contributed by atoms with Crippen molar-refractivity contribution in [3.63, 3.8) is 0 Å². The molecule has 5 aromatic rings. The quantitative estimate of drug-likeness (QED) is 0.0359. The lowest BCUT2D eigenvalue weighted by molar-refractivity contribution is -0.117. The molecule has 5 aromatic carbocycles. The Morgan fingerprint density at radius 1 is 0.590 bits per heavy atom. The second-order valence-electron chi connectivity index (χ2n) is 19.5. The summed E-state index contributed by atoms with van der Waals surface area (Å²) >= 11 is 23.0. The van der Waals surface area contributed by atoms with E-state index in [1.165, 1.54) is 50.7 Å². The number of methoxy groups -OCH3 is 3. The Balaban J connectivity index is 0.000000173. The largest absolute Gasteiger partial charge is 0.496 e. The van der Waals surface area contributed by atoms with Crippen LogP contribution in [-0.4, -0.2) is 115 Å². The van der Waals surface area contributed by atoms with Crippen molar-refractivity contribution in [1.29, 1.82) is 0 Å². The second-order valence-corrected chi connectivity index (χ2v) is 21.1. The number of nitrogens with one attached hydrogen (secondary N) is 3. The van der Waals surface area contributed by atoms with Gasteiger partial charge in [-0.05, 0) is 92.3 Å². The van der Waals surface area contributed by atoms with Crippen molar-refractivity contribution in [3.8, 4) is 17.2 Å². The van der Waals surface area contributed by atoms with Gasteiger partial charge < -0.3 is 51.8 Å². The molecule has 78 heavy (non-hydrogen) atoms. The first-order valence-electron chi connectivity index (χ1n) is 25.6. The minimum atomic E-state index is -1.10. The number of halogens is 4. The topological polar surface area (TPSA) is 248 Å². The lowest BCUT2D eigenvalue weighted by Crippen LogP contribution is -2.37. The Bertz CT molecular complexity index is 2860. The summed E-state index contributed by atoms with van der Waals surface area (Å²) in [6.07, 6.45) is 8.13. The van der Waals surface area contributed by atoms with Gasteiger partial charge in [-0.15, -0.1) is 0 Å². The van der Waals surface area contributed by atoms with Crippen molar-refractivity contribution in [2.24, 2.45) is 17.6 Å². The Kier molecular flexibility index (Phi) is 23.1. The van der Waals surface area contributed by atoms with Gasteiger partial charge in [0, 0.05) is 87.4 Å². The molecule has 0 spiro atoms. The molecule has 17 nitrogen and oxygen atoms in total. The number of amides is 2. The van der Waals surface area contributed by atoms with E-state index >= 15 is 0 Å². The Hall–Kier alpha value is -6.31. The molecule has 2 atom stereocenters. The summed E-state index contributed by atoms with van der Waals surface area (Å²) in [7, 11) is 4.31. The molecular formula is C57H67Cl4N7O10. The minimum absolute atomic E-state index is 0.00157. The summed E-state index contributed by atoms with van der Waals surface area (Å²) in [5, 5.41) is 27.6. The van der Waals surface area contributed by atoms with Crippen LogP contribution in [0.1, 0.15) is 93.6 Å². The smallest absolute Gasteiger partial charge is 0.339 e. The number of hydrogen-bond donors (Lipinski definition) is 7. The highest BCUT2D eigenvalue weighted by Gasteiger charge is 2.31. The third kappa shape index (κ3) is 19.3. The van der Waals surface area contributed by atoms with Gasteiger partial charge in [0.2, 0.25) is 11.1 Å². The van der Waals surface area contributed by atoms with E-state index in [-0.39, 0.29) is 56.8 Å². The number of carbonyl (C=O) groups excluding carboxylic acids is 3. The molecule has 2 heterocycles. The van der Waals surface area contributed by atoms with Gasteiger partial charge in [-0.25, -0.2) is 9.59 Å². The first-order valence-corrected chi connectivity index (χ1v) is 27.1. The number of nitrogens with two attached hydrogens (primary N) is 2. The third-order valence-corrected chi connectivity index (χ3v) is 14.3. The number of carbonyl (C=O) groups is 5. The molecule has 5 aliphatic rings. The zero-order valence-corrected chi connectivity index (χ0v) is 46.8. The molecule has 2 amide bonds. The maximum absolute atomic E-state index is 12.9. The number of aromatic carboxylic acids is 2. The number of nitrogens with zero attached hydrogens (tertiary/aromatic N) is 2. The first kappa shape index (κ1) is 60.9. The van der Waals surface area contributed by atoms with E-state index in [9.17, 15) is 24.0 Å². The van der Waals surface area contributed by atoms with E-state index in [0.717, 1.165) is 96.3 Å². The second kappa shape index (κ2) is 29.6. The number of nitrogen functional groups attached to an aromatic ring is 1. The lowest BCUT2D eigenvalue weighted by atomic mass is 10.1. The molecule has 1 unspecified atom stereocenters. The molecule has 0 radical (unpaired) electrons. The van der Waals surface area contributed by atoms with Gasteiger partial charge in [-0.1, -0.05) is 95.5 Å². The van der Waals surface area contributed by atoms with Gasteiger partial charge in [-0.3, -0.25) is 24.2 Å². The Labute approximate surface area is 474 Å². The maximum atomic E-state index is 12.9. The van der Waals surface area contributed by atoms with Crippen LogP contribution in [0.5, 0.6) is 17.2 Å². The molecule has 3 aliphatic carbocycles. The predicted molar refractivity (Wildman–Crippen MR) is 306 cm³/mol. The summed E-state index contributed by atoms with van der Waals surface area (Å²) in [5.74, 6) is -1.20. The van der Waals surface area contributed by atoms with Crippen molar-refractivity contribution in [3.05, 3.63) is 140 Å². The fraction of sp³-hybridized carbons (Fsp3) is 0.386. The van der Waals surface area contributed by atoms with Gasteiger partial charge in [-0.2, -0.15) is 0 Å². The van der Waals surface area contributed by atoms with Gasteiger partial charge in [0.05, 0.1) is 59.0 Å². The average Bonchev–Trinajstić information content (AvgIpc) is 4.33. The van der Waals surface area contributed by atoms with Crippen LogP contribution in [0.4, 0.5) is 17.1 Å². The number of hydrogen-bond acceptors (Lipinski definition) is 13. The molecule has 5 fully saturated rings. The Morgan fingerprint density at radius 3 is 1.54 bits per heavy atom. The van der Waals surface area contributed by atoms with E-state index in [1.54, 1.807) is 18.2 Å². The van der Waals surface area contributed by atoms with E-state index in [2.05, 4.69) is 68.2 Å². The Morgan fingerprint density at radius 2 is 1.06 bits per heavy atom.